The molecular weight excluding hydrogens is 443 g/mol. The van der Waals surface area contributed by atoms with Crippen LogP contribution in [0.25, 0.3) is 0 Å². The van der Waals surface area contributed by atoms with E-state index in [-0.39, 0.29) is 12.3 Å². The van der Waals surface area contributed by atoms with Crippen LogP contribution in [0.15, 0.2) is 0 Å². The van der Waals surface area contributed by atoms with Crippen LogP contribution >= 0.6 is 0 Å². The first kappa shape index (κ1) is 29.8. The molecule has 0 saturated carbocycles. The minimum absolute atomic E-state index is 0.0707. The van der Waals surface area contributed by atoms with Crippen molar-refractivity contribution in [2.45, 2.75) is 110 Å². The van der Waals surface area contributed by atoms with Crippen molar-refractivity contribution in [3.05, 3.63) is 0 Å². The van der Waals surface area contributed by atoms with Gasteiger partial charge in [0.1, 0.15) is 12.5 Å². The van der Waals surface area contributed by atoms with Crippen molar-refractivity contribution in [2.24, 2.45) is 11.3 Å². The van der Waals surface area contributed by atoms with Crippen LogP contribution in [0.5, 0.6) is 0 Å². The van der Waals surface area contributed by atoms with E-state index < -0.39 is 73.5 Å². The van der Waals surface area contributed by atoms with Gasteiger partial charge in [0, 0.05) is 6.42 Å². The highest BCUT2D eigenvalue weighted by Crippen LogP contribution is 2.44. The molecule has 11 heteroatoms. The molecule has 0 radical (unpaired) electrons. The van der Waals surface area contributed by atoms with Gasteiger partial charge in [-0.3, -0.25) is 4.79 Å². The number of carbonyl (C=O) groups is 1. The first-order chi connectivity index (χ1) is 13.6. The molecule has 0 aliphatic carbocycles. The molecule has 0 amide bonds. The van der Waals surface area contributed by atoms with E-state index in [0.717, 1.165) is 0 Å². The molecule has 0 bridgehead atoms. The number of alkyl halides is 9. The van der Waals surface area contributed by atoms with Gasteiger partial charge in [-0.25, -0.2) is 26.3 Å². The number of rotatable bonds is 13. The second-order valence-corrected chi connectivity index (χ2v) is 9.15. The predicted molar refractivity (Wildman–Crippen MR) is 97.4 cm³/mol. The molecule has 0 aromatic carbocycles. The Bertz CT molecular complexity index is 569. The van der Waals surface area contributed by atoms with E-state index in [4.69, 9.17) is 4.74 Å². The number of ether oxygens (including phenoxy) is 1. The lowest BCUT2D eigenvalue weighted by molar-refractivity contribution is -0.214. The van der Waals surface area contributed by atoms with Crippen LogP contribution in [0.3, 0.4) is 0 Å². The van der Waals surface area contributed by atoms with Crippen molar-refractivity contribution in [1.82, 2.24) is 0 Å². The minimum atomic E-state index is -5.41. The third kappa shape index (κ3) is 13.1. The molecule has 0 heterocycles. The molecule has 1 atom stereocenters. The maximum absolute atomic E-state index is 14.1. The molecule has 0 aromatic rings. The molecule has 1 unspecified atom stereocenters. The van der Waals surface area contributed by atoms with Crippen molar-refractivity contribution in [3.63, 3.8) is 0 Å². The summed E-state index contributed by atoms with van der Waals surface area (Å²) in [5, 5.41) is 0. The molecule has 0 rings (SSSR count). The van der Waals surface area contributed by atoms with E-state index in [1.165, 1.54) is 0 Å². The Balaban J connectivity index is 5.10. The summed E-state index contributed by atoms with van der Waals surface area (Å²) in [5.41, 5.74) is -0.880. The number of halogens is 9. The van der Waals surface area contributed by atoms with Crippen LogP contribution in [0.2, 0.25) is 0 Å². The van der Waals surface area contributed by atoms with E-state index in [9.17, 15) is 44.3 Å². The van der Waals surface area contributed by atoms with Crippen molar-refractivity contribution in [2.75, 3.05) is 0 Å². The maximum atomic E-state index is 14.1. The first-order valence-corrected chi connectivity index (χ1v) is 10.0. The Labute approximate surface area is 176 Å². The molecular formula is C20H31F9O2. The molecule has 0 aromatic heterocycles. The highest BCUT2D eigenvalue weighted by atomic mass is 19.4. The summed E-state index contributed by atoms with van der Waals surface area (Å²) in [7, 11) is 0. The van der Waals surface area contributed by atoms with E-state index in [0.29, 0.717) is 6.42 Å². The second kappa shape index (κ2) is 10.6. The summed E-state index contributed by atoms with van der Waals surface area (Å²) in [6.07, 6.45) is -15.3. The van der Waals surface area contributed by atoms with Crippen molar-refractivity contribution in [3.8, 4) is 0 Å². The molecule has 0 aliphatic rings. The average Bonchev–Trinajstić information content (AvgIpc) is 2.47. The highest BCUT2D eigenvalue weighted by molar-refractivity contribution is 5.75. The van der Waals surface area contributed by atoms with Crippen molar-refractivity contribution >= 4 is 5.97 Å². The Kier molecular flexibility index (Phi) is 10.2. The van der Waals surface area contributed by atoms with Crippen molar-refractivity contribution in [1.29, 1.82) is 0 Å². The smallest absolute Gasteiger partial charge is 0.394 e. The topological polar surface area (TPSA) is 26.3 Å². The van der Waals surface area contributed by atoms with Gasteiger partial charge in [-0.1, -0.05) is 20.8 Å². The minimum Gasteiger partial charge on any atom is -0.462 e. The molecule has 2 nitrogen and oxygen atoms in total. The van der Waals surface area contributed by atoms with Gasteiger partial charge in [-0.2, -0.15) is 13.2 Å². The van der Waals surface area contributed by atoms with Gasteiger partial charge in [-0.15, -0.1) is 0 Å². The van der Waals surface area contributed by atoms with E-state index in [2.05, 4.69) is 0 Å². The van der Waals surface area contributed by atoms with Gasteiger partial charge in [0.2, 0.25) is 0 Å². The second-order valence-electron chi connectivity index (χ2n) is 9.15. The zero-order chi connectivity index (χ0) is 24.9. The fraction of sp³-hybridized carbons (Fsp3) is 0.950. The van der Waals surface area contributed by atoms with E-state index >= 15 is 0 Å². The van der Waals surface area contributed by atoms with Crippen LogP contribution in [0.4, 0.5) is 39.5 Å². The number of hydrogen-bond donors (Lipinski definition) is 0. The van der Waals surface area contributed by atoms with Crippen LogP contribution < -0.4 is 0 Å². The van der Waals surface area contributed by atoms with Crippen LogP contribution in [0, 0.1) is 11.3 Å². The first-order valence-electron chi connectivity index (χ1n) is 10.0. The largest absolute Gasteiger partial charge is 0.462 e. The summed E-state index contributed by atoms with van der Waals surface area (Å²) in [6.45, 7) is 8.39. The Hall–Kier alpha value is -1.16. The molecule has 0 spiro atoms. The number of esters is 1. The Morgan fingerprint density at radius 3 is 1.68 bits per heavy atom. The van der Waals surface area contributed by atoms with Crippen molar-refractivity contribution < 1.29 is 49.0 Å². The molecule has 0 aliphatic heterocycles. The van der Waals surface area contributed by atoms with Crippen LogP contribution in [-0.2, 0) is 9.53 Å². The monoisotopic (exact) mass is 474 g/mol. The van der Waals surface area contributed by atoms with Crippen LogP contribution in [0.1, 0.15) is 79.6 Å². The van der Waals surface area contributed by atoms with E-state index in [1.807, 2.05) is 0 Å². The Morgan fingerprint density at radius 2 is 1.26 bits per heavy atom. The predicted octanol–water partition coefficient (Wildman–Crippen LogP) is 7.80. The quantitative estimate of drug-likeness (QED) is 0.201. The third-order valence-corrected chi connectivity index (χ3v) is 4.77. The zero-order valence-corrected chi connectivity index (χ0v) is 18.3. The van der Waals surface area contributed by atoms with Gasteiger partial charge in [-0.05, 0) is 39.0 Å². The van der Waals surface area contributed by atoms with Gasteiger partial charge in [0.15, 0.2) is 0 Å². The average molecular weight is 474 g/mol. The lowest BCUT2D eigenvalue weighted by Gasteiger charge is -2.29. The van der Waals surface area contributed by atoms with Crippen LogP contribution in [-0.4, -0.2) is 36.0 Å². The Morgan fingerprint density at radius 1 is 0.806 bits per heavy atom. The summed E-state index contributed by atoms with van der Waals surface area (Å²) in [6, 6.07) is 0. The van der Waals surface area contributed by atoms with Gasteiger partial charge in [0.05, 0.1) is 18.3 Å². The fourth-order valence-electron chi connectivity index (χ4n) is 2.84. The molecule has 0 fully saturated rings. The summed E-state index contributed by atoms with van der Waals surface area (Å²) < 4.78 is 124. The normalized spacial score (nSPS) is 15.3. The number of hydrogen-bond acceptors (Lipinski definition) is 2. The van der Waals surface area contributed by atoms with Gasteiger partial charge >= 0.3 is 12.1 Å². The maximum Gasteiger partial charge on any atom is 0.394 e. The lowest BCUT2D eigenvalue weighted by atomic mass is 9.90. The standard InChI is InChI=1S/C20H31F9O2/c1-6-16(4,5)15(30)31-14(9-13(2)3)7-8-17(21,22)10-18(23,24)11-19(25,26)12-20(27,28)29/h13-14H,6-12H2,1-5H3. The fourth-order valence-corrected chi connectivity index (χ4v) is 2.84. The van der Waals surface area contributed by atoms with Gasteiger partial charge in [0.25, 0.3) is 17.8 Å². The summed E-state index contributed by atoms with van der Waals surface area (Å²) >= 11 is 0. The molecule has 0 N–H and O–H groups in total. The third-order valence-electron chi connectivity index (χ3n) is 4.77. The molecule has 0 saturated heterocycles. The number of carbonyl (C=O) groups excluding carboxylic acids is 1. The zero-order valence-electron chi connectivity index (χ0n) is 18.3. The lowest BCUT2D eigenvalue weighted by Crippen LogP contribution is -2.38. The molecule has 31 heavy (non-hydrogen) atoms. The summed E-state index contributed by atoms with van der Waals surface area (Å²) in [4.78, 5) is 12.2. The SMILES string of the molecule is CCC(C)(C)C(=O)OC(CCC(F)(F)CC(F)(F)CC(F)(F)CC(F)(F)F)CC(C)C. The summed E-state index contributed by atoms with van der Waals surface area (Å²) in [5.74, 6) is -14.4. The highest BCUT2D eigenvalue weighted by Gasteiger charge is 2.53. The van der Waals surface area contributed by atoms with Gasteiger partial charge < -0.3 is 4.74 Å². The van der Waals surface area contributed by atoms with E-state index in [1.54, 1.807) is 34.6 Å². The molecule has 186 valence electrons.